The molecule has 45 heavy (non-hydrogen) atoms. The molecule has 0 atom stereocenters. The predicted molar refractivity (Wildman–Crippen MR) is 181 cm³/mol. The van der Waals surface area contributed by atoms with Gasteiger partial charge in [-0.3, -0.25) is 0 Å². The summed E-state index contributed by atoms with van der Waals surface area (Å²) in [6.07, 6.45) is 1.71. The summed E-state index contributed by atoms with van der Waals surface area (Å²) in [6.45, 7) is 28.5. The van der Waals surface area contributed by atoms with Crippen molar-refractivity contribution in [1.82, 2.24) is 0 Å². The van der Waals surface area contributed by atoms with Crippen LogP contribution in [0.1, 0.15) is 148 Å². The number of aromatic hydroxyl groups is 2. The van der Waals surface area contributed by atoms with E-state index in [1.807, 2.05) is 0 Å². The van der Waals surface area contributed by atoms with E-state index in [9.17, 15) is 10.2 Å². The summed E-state index contributed by atoms with van der Waals surface area (Å²) in [5.74, 6) is 1.45. The SMILES string of the molecule is CCC1COC(c2cc(C(C)(C)C)c(O)c(C(C)(C)CCC(C)(C)c3cc(C4OCC(C)CO4)cc(C(C)(C)C)c3O)c2)OC1. The van der Waals surface area contributed by atoms with Gasteiger partial charge < -0.3 is 29.2 Å². The maximum atomic E-state index is 11.7. The minimum Gasteiger partial charge on any atom is -0.507 e. The van der Waals surface area contributed by atoms with E-state index < -0.39 is 12.6 Å². The van der Waals surface area contributed by atoms with Crippen LogP contribution in [0, 0.1) is 11.8 Å². The lowest BCUT2D eigenvalue weighted by molar-refractivity contribution is -0.205. The molecule has 2 N–H and O–H groups in total. The molecule has 0 amide bonds. The summed E-state index contributed by atoms with van der Waals surface area (Å²) in [4.78, 5) is 0. The van der Waals surface area contributed by atoms with Crippen LogP contribution in [0.3, 0.4) is 0 Å². The second kappa shape index (κ2) is 13.2. The van der Waals surface area contributed by atoms with E-state index in [2.05, 4.69) is 107 Å². The second-order valence-corrected chi connectivity index (χ2v) is 17.1. The summed E-state index contributed by atoms with van der Waals surface area (Å²) in [6, 6.07) is 8.27. The Labute approximate surface area is 272 Å². The van der Waals surface area contributed by atoms with Crippen molar-refractivity contribution < 1.29 is 29.2 Å². The van der Waals surface area contributed by atoms with Crippen LogP contribution in [0.5, 0.6) is 11.5 Å². The van der Waals surface area contributed by atoms with Crippen molar-refractivity contribution in [2.45, 2.75) is 137 Å². The van der Waals surface area contributed by atoms with Gasteiger partial charge in [-0.25, -0.2) is 0 Å². The van der Waals surface area contributed by atoms with Crippen LogP contribution in [0.4, 0.5) is 0 Å². The normalized spacial score (nSPS) is 23.7. The van der Waals surface area contributed by atoms with Crippen molar-refractivity contribution in [2.75, 3.05) is 26.4 Å². The molecule has 2 aliphatic heterocycles. The van der Waals surface area contributed by atoms with Crippen LogP contribution in [0.2, 0.25) is 0 Å². The van der Waals surface area contributed by atoms with Gasteiger partial charge in [0.25, 0.3) is 0 Å². The fourth-order valence-corrected chi connectivity index (χ4v) is 6.42. The standard InChI is InChI=1S/C39H60O6/c1-13-25-22-44-35(45-23-25)27-17-29(37(6,7)8)33(41)31(19-27)39(11,12)15-14-38(9,10)30-18-26(34-42-20-24(2)21-43-34)16-28(32(30)40)36(3,4)5/h16-19,24-25,34-35,40-41H,13-15,20-23H2,1-12H3. The molecule has 0 radical (unpaired) electrons. The van der Waals surface area contributed by atoms with Gasteiger partial charge in [-0.1, -0.05) is 83.1 Å². The number of hydrogen-bond donors (Lipinski definition) is 2. The number of phenolic OH excluding ortho intramolecular Hbond substituents is 2. The fourth-order valence-electron chi connectivity index (χ4n) is 6.42. The molecule has 2 fully saturated rings. The molecule has 0 spiro atoms. The molecule has 0 unspecified atom stereocenters. The van der Waals surface area contributed by atoms with Gasteiger partial charge in [0.2, 0.25) is 0 Å². The zero-order valence-corrected chi connectivity index (χ0v) is 30.1. The Hall–Kier alpha value is -2.12. The zero-order valence-electron chi connectivity index (χ0n) is 30.1. The average molecular weight is 625 g/mol. The third kappa shape index (κ3) is 8.06. The minimum absolute atomic E-state index is 0.262. The van der Waals surface area contributed by atoms with Crippen LogP contribution < -0.4 is 0 Å². The van der Waals surface area contributed by atoms with Gasteiger partial charge in [-0.05, 0) is 76.3 Å². The molecule has 0 aromatic heterocycles. The van der Waals surface area contributed by atoms with Crippen molar-refractivity contribution >= 4 is 0 Å². The van der Waals surface area contributed by atoms with Crippen molar-refractivity contribution in [2.24, 2.45) is 11.8 Å². The number of rotatable bonds is 8. The van der Waals surface area contributed by atoms with E-state index in [-0.39, 0.29) is 21.7 Å². The van der Waals surface area contributed by atoms with Crippen LogP contribution >= 0.6 is 0 Å². The highest BCUT2D eigenvalue weighted by molar-refractivity contribution is 5.52. The molecule has 2 aromatic rings. The molecule has 252 valence electrons. The third-order valence-electron chi connectivity index (χ3n) is 9.87. The molecular weight excluding hydrogens is 564 g/mol. The van der Waals surface area contributed by atoms with E-state index >= 15 is 0 Å². The third-order valence-corrected chi connectivity index (χ3v) is 9.87. The lowest BCUT2D eigenvalue weighted by Gasteiger charge is -2.37. The minimum atomic E-state index is -0.443. The quantitative estimate of drug-likeness (QED) is 0.305. The van der Waals surface area contributed by atoms with E-state index in [1.165, 1.54) is 0 Å². The summed E-state index contributed by atoms with van der Waals surface area (Å²) in [5, 5.41) is 23.4. The van der Waals surface area contributed by atoms with Crippen LogP contribution in [0.25, 0.3) is 0 Å². The Bertz CT molecular complexity index is 1310. The maximum absolute atomic E-state index is 11.7. The Morgan fingerprint density at radius 1 is 0.578 bits per heavy atom. The Balaban J connectivity index is 1.68. The first-order chi connectivity index (χ1) is 20.7. The molecule has 2 aliphatic rings. The fraction of sp³-hybridized carbons (Fsp3) is 0.692. The molecule has 6 heteroatoms. The Kier molecular flexibility index (Phi) is 10.5. The Morgan fingerprint density at radius 2 is 0.911 bits per heavy atom. The van der Waals surface area contributed by atoms with Crippen LogP contribution in [-0.2, 0) is 40.6 Å². The number of hydrogen-bond acceptors (Lipinski definition) is 6. The first-order valence-corrected chi connectivity index (χ1v) is 17.0. The van der Waals surface area contributed by atoms with Crippen molar-refractivity contribution in [3.05, 3.63) is 57.6 Å². The molecule has 6 nitrogen and oxygen atoms in total. The first kappa shape index (κ1) is 35.7. The van der Waals surface area contributed by atoms with Gasteiger partial charge in [0.05, 0.1) is 26.4 Å². The van der Waals surface area contributed by atoms with E-state index in [0.717, 1.165) is 52.6 Å². The maximum Gasteiger partial charge on any atom is 0.183 e. The van der Waals surface area contributed by atoms with Crippen molar-refractivity contribution in [3.8, 4) is 11.5 Å². The molecule has 2 aromatic carbocycles. The molecule has 2 saturated heterocycles. The Morgan fingerprint density at radius 3 is 1.24 bits per heavy atom. The summed E-state index contributed by atoms with van der Waals surface area (Å²) in [5.41, 5.74) is 4.23. The summed E-state index contributed by atoms with van der Waals surface area (Å²) in [7, 11) is 0. The molecule has 2 heterocycles. The summed E-state index contributed by atoms with van der Waals surface area (Å²) >= 11 is 0. The first-order valence-electron chi connectivity index (χ1n) is 17.0. The smallest absolute Gasteiger partial charge is 0.183 e. The predicted octanol–water partition coefficient (Wildman–Crippen LogP) is 9.48. The van der Waals surface area contributed by atoms with Crippen molar-refractivity contribution in [1.29, 1.82) is 0 Å². The largest absolute Gasteiger partial charge is 0.507 e. The average Bonchev–Trinajstić information content (AvgIpc) is 2.95. The zero-order chi connectivity index (χ0) is 33.5. The summed E-state index contributed by atoms with van der Waals surface area (Å²) < 4.78 is 24.6. The highest BCUT2D eigenvalue weighted by Crippen LogP contribution is 2.48. The van der Waals surface area contributed by atoms with E-state index in [1.54, 1.807) is 0 Å². The molecular formula is C39H60O6. The molecule has 0 aliphatic carbocycles. The number of phenols is 2. The van der Waals surface area contributed by atoms with Crippen LogP contribution in [0.15, 0.2) is 24.3 Å². The monoisotopic (exact) mass is 624 g/mol. The van der Waals surface area contributed by atoms with Gasteiger partial charge in [-0.15, -0.1) is 0 Å². The van der Waals surface area contributed by atoms with Crippen LogP contribution in [-0.4, -0.2) is 36.6 Å². The van der Waals surface area contributed by atoms with Gasteiger partial charge >= 0.3 is 0 Å². The number of benzene rings is 2. The number of ether oxygens (including phenoxy) is 4. The van der Waals surface area contributed by atoms with Gasteiger partial charge in [0.15, 0.2) is 12.6 Å². The lowest BCUT2D eigenvalue weighted by atomic mass is 9.70. The highest BCUT2D eigenvalue weighted by Gasteiger charge is 2.36. The van der Waals surface area contributed by atoms with Gasteiger partial charge in [0.1, 0.15) is 11.5 Å². The van der Waals surface area contributed by atoms with Gasteiger partial charge in [-0.2, -0.15) is 0 Å². The van der Waals surface area contributed by atoms with E-state index in [0.29, 0.717) is 49.8 Å². The molecule has 0 bridgehead atoms. The van der Waals surface area contributed by atoms with Crippen molar-refractivity contribution in [3.63, 3.8) is 0 Å². The molecule has 0 saturated carbocycles. The van der Waals surface area contributed by atoms with Gasteiger partial charge in [0, 0.05) is 34.1 Å². The highest BCUT2D eigenvalue weighted by atomic mass is 16.7. The topological polar surface area (TPSA) is 77.4 Å². The second-order valence-electron chi connectivity index (χ2n) is 17.1. The lowest BCUT2D eigenvalue weighted by Crippen LogP contribution is -2.29. The molecule has 4 rings (SSSR count). The van der Waals surface area contributed by atoms with E-state index in [4.69, 9.17) is 18.9 Å².